The van der Waals surface area contributed by atoms with Gasteiger partial charge in [-0.25, -0.2) is 9.97 Å². The first-order valence-electron chi connectivity index (χ1n) is 9.73. The lowest BCUT2D eigenvalue weighted by Gasteiger charge is -2.12. The maximum atomic E-state index is 6.13. The third kappa shape index (κ3) is 4.45. The minimum atomic E-state index is 0.415. The molecule has 1 aliphatic carbocycles. The molecule has 0 aliphatic heterocycles. The van der Waals surface area contributed by atoms with Crippen molar-refractivity contribution in [3.63, 3.8) is 0 Å². The van der Waals surface area contributed by atoms with Crippen molar-refractivity contribution in [2.75, 3.05) is 20.3 Å². The van der Waals surface area contributed by atoms with Gasteiger partial charge in [0.05, 0.1) is 32.1 Å². The van der Waals surface area contributed by atoms with Gasteiger partial charge in [-0.05, 0) is 44.0 Å². The second-order valence-electron chi connectivity index (χ2n) is 6.99. The minimum Gasteiger partial charge on any atom is -0.495 e. The van der Waals surface area contributed by atoms with Crippen LogP contribution in [0.3, 0.4) is 0 Å². The van der Waals surface area contributed by atoms with E-state index in [4.69, 9.17) is 14.2 Å². The standard InChI is InChI=1S/C22H24N4O3/c1-4-28-21-10-15(7-8-23-21)19-12-24-14(2)26-22(19)29-13-16-9-18(16)20-6-5-17(27-3)11-25-20/h5-8,10-12,16,18H,4,9,13H2,1-3H3/t16-,18+/m1/s1. The molecule has 4 rings (SSSR count). The summed E-state index contributed by atoms with van der Waals surface area (Å²) < 4.78 is 16.8. The van der Waals surface area contributed by atoms with Crippen LogP contribution in [0.1, 0.15) is 30.8 Å². The van der Waals surface area contributed by atoms with E-state index in [1.54, 1.807) is 25.7 Å². The van der Waals surface area contributed by atoms with Crippen molar-refractivity contribution in [2.24, 2.45) is 5.92 Å². The monoisotopic (exact) mass is 392 g/mol. The number of aromatic nitrogens is 4. The summed E-state index contributed by atoms with van der Waals surface area (Å²) in [6.45, 7) is 4.94. The van der Waals surface area contributed by atoms with Crippen molar-refractivity contribution in [1.29, 1.82) is 0 Å². The van der Waals surface area contributed by atoms with E-state index in [0.717, 1.165) is 29.0 Å². The van der Waals surface area contributed by atoms with Gasteiger partial charge in [0.1, 0.15) is 11.6 Å². The van der Waals surface area contributed by atoms with Gasteiger partial charge in [0.15, 0.2) is 0 Å². The number of methoxy groups -OCH3 is 1. The molecule has 1 fully saturated rings. The van der Waals surface area contributed by atoms with Gasteiger partial charge in [0.2, 0.25) is 11.8 Å². The highest BCUT2D eigenvalue weighted by atomic mass is 16.5. The van der Waals surface area contributed by atoms with Crippen molar-refractivity contribution in [3.05, 3.63) is 54.4 Å². The second-order valence-corrected chi connectivity index (χ2v) is 6.99. The maximum absolute atomic E-state index is 6.13. The van der Waals surface area contributed by atoms with Gasteiger partial charge in [-0.1, -0.05) is 0 Å². The summed E-state index contributed by atoms with van der Waals surface area (Å²) in [7, 11) is 1.64. The molecule has 0 spiro atoms. The molecule has 7 nitrogen and oxygen atoms in total. The van der Waals surface area contributed by atoms with Crippen LogP contribution in [0.25, 0.3) is 11.1 Å². The zero-order chi connectivity index (χ0) is 20.2. The average molecular weight is 392 g/mol. The lowest BCUT2D eigenvalue weighted by molar-refractivity contribution is 0.285. The van der Waals surface area contributed by atoms with Crippen LogP contribution in [-0.4, -0.2) is 40.3 Å². The number of hydrogen-bond acceptors (Lipinski definition) is 7. The molecule has 29 heavy (non-hydrogen) atoms. The smallest absolute Gasteiger partial charge is 0.224 e. The summed E-state index contributed by atoms with van der Waals surface area (Å²) in [5.41, 5.74) is 2.83. The molecule has 0 aromatic carbocycles. The Hall–Kier alpha value is -3.22. The van der Waals surface area contributed by atoms with Crippen LogP contribution >= 0.6 is 0 Å². The summed E-state index contributed by atoms with van der Waals surface area (Å²) in [4.78, 5) is 17.6. The zero-order valence-electron chi connectivity index (χ0n) is 16.8. The predicted octanol–water partition coefficient (Wildman–Crippen LogP) is 3.83. The van der Waals surface area contributed by atoms with Gasteiger partial charge in [0, 0.05) is 36.0 Å². The molecule has 0 saturated heterocycles. The Bertz CT molecular complexity index is 978. The first kappa shape index (κ1) is 19.1. The van der Waals surface area contributed by atoms with Gasteiger partial charge >= 0.3 is 0 Å². The molecule has 3 aromatic rings. The van der Waals surface area contributed by atoms with Crippen LogP contribution in [-0.2, 0) is 0 Å². The summed E-state index contributed by atoms with van der Waals surface area (Å²) in [5.74, 6) is 3.44. The van der Waals surface area contributed by atoms with Crippen molar-refractivity contribution < 1.29 is 14.2 Å². The molecule has 0 N–H and O–H groups in total. The molecule has 2 atom stereocenters. The third-order valence-electron chi connectivity index (χ3n) is 4.94. The first-order valence-corrected chi connectivity index (χ1v) is 9.73. The normalized spacial score (nSPS) is 17.6. The largest absolute Gasteiger partial charge is 0.495 e. The zero-order valence-corrected chi connectivity index (χ0v) is 16.8. The summed E-state index contributed by atoms with van der Waals surface area (Å²) in [5, 5.41) is 0. The van der Waals surface area contributed by atoms with E-state index in [2.05, 4.69) is 19.9 Å². The third-order valence-corrected chi connectivity index (χ3v) is 4.94. The lowest BCUT2D eigenvalue weighted by Crippen LogP contribution is -2.06. The van der Waals surface area contributed by atoms with E-state index in [0.29, 0.717) is 42.6 Å². The highest BCUT2D eigenvalue weighted by Gasteiger charge is 2.40. The second kappa shape index (κ2) is 8.43. The van der Waals surface area contributed by atoms with Crippen molar-refractivity contribution in [3.8, 4) is 28.6 Å². The van der Waals surface area contributed by atoms with E-state index in [9.17, 15) is 0 Å². The molecule has 7 heteroatoms. The SMILES string of the molecule is CCOc1cc(-c2cnc(C)nc2OC[C@H]2C[C@@H]2c2ccc(OC)cn2)ccn1. The minimum absolute atomic E-state index is 0.415. The van der Waals surface area contributed by atoms with E-state index < -0.39 is 0 Å². The number of nitrogens with zero attached hydrogens (tertiary/aromatic N) is 4. The summed E-state index contributed by atoms with van der Waals surface area (Å²) in [6, 6.07) is 7.76. The average Bonchev–Trinajstić information content (AvgIpc) is 3.52. The quantitative estimate of drug-likeness (QED) is 0.576. The molecule has 0 unspecified atom stereocenters. The first-order chi connectivity index (χ1) is 14.2. The Kier molecular flexibility index (Phi) is 5.55. The molecule has 3 heterocycles. The van der Waals surface area contributed by atoms with Crippen LogP contribution in [0.2, 0.25) is 0 Å². The Morgan fingerprint density at radius 2 is 1.97 bits per heavy atom. The van der Waals surface area contributed by atoms with Gasteiger partial charge < -0.3 is 14.2 Å². The molecule has 3 aromatic heterocycles. The van der Waals surface area contributed by atoms with Gasteiger partial charge in [-0.2, -0.15) is 4.98 Å². The highest BCUT2D eigenvalue weighted by molar-refractivity contribution is 5.68. The molecule has 0 radical (unpaired) electrons. The molecule has 0 amide bonds. The van der Waals surface area contributed by atoms with Crippen LogP contribution < -0.4 is 14.2 Å². The molecule has 1 aliphatic rings. The Balaban J connectivity index is 1.46. The Labute approximate surface area is 170 Å². The molecule has 0 bridgehead atoms. The summed E-state index contributed by atoms with van der Waals surface area (Å²) >= 11 is 0. The van der Waals surface area contributed by atoms with Crippen LogP contribution in [0, 0.1) is 12.8 Å². The van der Waals surface area contributed by atoms with Crippen LogP contribution in [0.4, 0.5) is 0 Å². The van der Waals surface area contributed by atoms with Crippen molar-refractivity contribution >= 4 is 0 Å². The molecular weight excluding hydrogens is 368 g/mol. The van der Waals surface area contributed by atoms with Crippen LogP contribution in [0.5, 0.6) is 17.5 Å². The van der Waals surface area contributed by atoms with Crippen LogP contribution in [0.15, 0.2) is 42.9 Å². The predicted molar refractivity (Wildman–Crippen MR) is 108 cm³/mol. The Morgan fingerprint density at radius 1 is 1.07 bits per heavy atom. The van der Waals surface area contributed by atoms with Gasteiger partial charge in [0.25, 0.3) is 0 Å². The van der Waals surface area contributed by atoms with Gasteiger partial charge in [-0.3, -0.25) is 4.98 Å². The van der Waals surface area contributed by atoms with Gasteiger partial charge in [-0.15, -0.1) is 0 Å². The number of rotatable bonds is 8. The molecule has 150 valence electrons. The molecule has 1 saturated carbocycles. The van der Waals surface area contributed by atoms with E-state index in [1.165, 1.54) is 0 Å². The summed E-state index contributed by atoms with van der Waals surface area (Å²) in [6.07, 6.45) is 6.33. The topological polar surface area (TPSA) is 79.3 Å². The maximum Gasteiger partial charge on any atom is 0.224 e. The fourth-order valence-electron chi connectivity index (χ4n) is 3.27. The fourth-order valence-corrected chi connectivity index (χ4v) is 3.27. The van der Waals surface area contributed by atoms with E-state index >= 15 is 0 Å². The Morgan fingerprint density at radius 3 is 2.72 bits per heavy atom. The number of pyridine rings is 2. The molecular formula is C22H24N4O3. The fraction of sp³-hybridized carbons (Fsp3) is 0.364. The highest BCUT2D eigenvalue weighted by Crippen LogP contribution is 2.47. The lowest BCUT2D eigenvalue weighted by atomic mass is 10.1. The number of hydrogen-bond donors (Lipinski definition) is 0. The van der Waals surface area contributed by atoms with E-state index in [1.807, 2.05) is 38.1 Å². The van der Waals surface area contributed by atoms with Crippen molar-refractivity contribution in [2.45, 2.75) is 26.2 Å². The van der Waals surface area contributed by atoms with E-state index in [-0.39, 0.29) is 0 Å². The number of aryl methyl sites for hydroxylation is 1. The van der Waals surface area contributed by atoms with Crippen molar-refractivity contribution in [1.82, 2.24) is 19.9 Å². The number of ether oxygens (including phenoxy) is 3.